The summed E-state index contributed by atoms with van der Waals surface area (Å²) in [4.78, 5) is 50.9. The second kappa shape index (κ2) is 7.93. The van der Waals surface area contributed by atoms with Crippen LogP contribution in [0.25, 0.3) is 5.69 Å². The SMILES string of the molecule is CC(=O)Nc1cccc(NC(=O)c2c[nH]c(=O)n(-c3ccc(Cl)cc3)c2=O)c1. The Labute approximate surface area is 163 Å². The summed E-state index contributed by atoms with van der Waals surface area (Å²) >= 11 is 5.83. The van der Waals surface area contributed by atoms with Gasteiger partial charge in [0.2, 0.25) is 5.91 Å². The number of carbonyl (C=O) groups excluding carboxylic acids is 2. The van der Waals surface area contributed by atoms with Gasteiger partial charge >= 0.3 is 5.69 Å². The molecule has 0 unspecified atom stereocenters. The van der Waals surface area contributed by atoms with E-state index in [0.29, 0.717) is 16.4 Å². The van der Waals surface area contributed by atoms with Gasteiger partial charge in [-0.1, -0.05) is 17.7 Å². The van der Waals surface area contributed by atoms with E-state index in [1.807, 2.05) is 0 Å². The number of benzene rings is 2. The number of amides is 2. The van der Waals surface area contributed by atoms with Gasteiger partial charge in [0.25, 0.3) is 11.5 Å². The smallest absolute Gasteiger partial charge is 0.326 e. The second-order valence-electron chi connectivity index (χ2n) is 5.84. The number of halogens is 1. The quantitative estimate of drug-likeness (QED) is 0.626. The van der Waals surface area contributed by atoms with E-state index in [2.05, 4.69) is 15.6 Å². The number of rotatable bonds is 4. The van der Waals surface area contributed by atoms with Crippen LogP contribution in [0.1, 0.15) is 17.3 Å². The molecule has 8 nitrogen and oxygen atoms in total. The Hall–Kier alpha value is -3.65. The lowest BCUT2D eigenvalue weighted by Crippen LogP contribution is -2.38. The van der Waals surface area contributed by atoms with E-state index in [1.54, 1.807) is 24.3 Å². The minimum Gasteiger partial charge on any atom is -0.326 e. The van der Waals surface area contributed by atoms with Gasteiger partial charge in [-0.05, 0) is 42.5 Å². The van der Waals surface area contributed by atoms with Gasteiger partial charge in [-0.15, -0.1) is 0 Å². The van der Waals surface area contributed by atoms with Crippen molar-refractivity contribution in [1.82, 2.24) is 9.55 Å². The number of anilines is 2. The zero-order valence-corrected chi connectivity index (χ0v) is 15.4. The fraction of sp³-hybridized carbons (Fsp3) is 0.0526. The third-order valence-corrected chi connectivity index (χ3v) is 4.00. The van der Waals surface area contributed by atoms with Crippen LogP contribution in [0, 0.1) is 0 Å². The molecule has 0 bridgehead atoms. The van der Waals surface area contributed by atoms with Gasteiger partial charge in [-0.2, -0.15) is 0 Å². The maximum Gasteiger partial charge on any atom is 0.333 e. The third kappa shape index (κ3) is 4.18. The largest absolute Gasteiger partial charge is 0.333 e. The minimum atomic E-state index is -0.776. The van der Waals surface area contributed by atoms with Crippen molar-refractivity contribution in [3.8, 4) is 5.69 Å². The molecule has 3 rings (SSSR count). The fourth-order valence-corrected chi connectivity index (χ4v) is 2.66. The molecule has 0 spiro atoms. The van der Waals surface area contributed by atoms with E-state index in [-0.39, 0.29) is 17.2 Å². The highest BCUT2D eigenvalue weighted by molar-refractivity contribution is 6.30. The van der Waals surface area contributed by atoms with Crippen molar-refractivity contribution in [2.24, 2.45) is 0 Å². The maximum atomic E-state index is 12.7. The number of hydrogen-bond acceptors (Lipinski definition) is 4. The van der Waals surface area contributed by atoms with Gasteiger partial charge in [0.05, 0.1) is 5.69 Å². The Morgan fingerprint density at radius 2 is 1.64 bits per heavy atom. The lowest BCUT2D eigenvalue weighted by Gasteiger charge is -2.09. The maximum absolute atomic E-state index is 12.7. The average Bonchev–Trinajstić information content (AvgIpc) is 2.63. The van der Waals surface area contributed by atoms with Gasteiger partial charge in [0.15, 0.2) is 0 Å². The van der Waals surface area contributed by atoms with Crippen LogP contribution in [-0.4, -0.2) is 21.4 Å². The first-order valence-electron chi connectivity index (χ1n) is 8.15. The van der Waals surface area contributed by atoms with Gasteiger partial charge in [0.1, 0.15) is 5.56 Å². The lowest BCUT2D eigenvalue weighted by atomic mass is 10.2. The molecular formula is C19H15ClN4O4. The highest BCUT2D eigenvalue weighted by Crippen LogP contribution is 2.16. The van der Waals surface area contributed by atoms with Crippen LogP contribution in [0.5, 0.6) is 0 Å². The Kier molecular flexibility index (Phi) is 5.42. The first kappa shape index (κ1) is 19.1. The summed E-state index contributed by atoms with van der Waals surface area (Å²) in [6.07, 6.45) is 1.06. The Balaban J connectivity index is 1.94. The van der Waals surface area contributed by atoms with Crippen LogP contribution in [-0.2, 0) is 4.79 Å². The Morgan fingerprint density at radius 1 is 1.00 bits per heavy atom. The number of nitrogens with one attached hydrogen (secondary N) is 3. The van der Waals surface area contributed by atoms with Crippen molar-refractivity contribution in [2.45, 2.75) is 6.92 Å². The van der Waals surface area contributed by atoms with E-state index in [9.17, 15) is 19.2 Å². The highest BCUT2D eigenvalue weighted by Gasteiger charge is 2.16. The molecule has 3 aromatic rings. The molecule has 9 heteroatoms. The number of carbonyl (C=O) groups is 2. The highest BCUT2D eigenvalue weighted by atomic mass is 35.5. The Morgan fingerprint density at radius 3 is 2.29 bits per heavy atom. The van der Waals surface area contributed by atoms with Crippen molar-refractivity contribution in [3.05, 3.63) is 86.2 Å². The molecule has 0 aliphatic rings. The normalized spacial score (nSPS) is 10.4. The van der Waals surface area contributed by atoms with Gasteiger partial charge in [-0.3, -0.25) is 14.4 Å². The number of aromatic amines is 1. The van der Waals surface area contributed by atoms with Crippen LogP contribution in [0.4, 0.5) is 11.4 Å². The molecule has 28 heavy (non-hydrogen) atoms. The van der Waals surface area contributed by atoms with Crippen LogP contribution in [0.3, 0.4) is 0 Å². The van der Waals surface area contributed by atoms with Crippen LogP contribution in [0.15, 0.2) is 64.3 Å². The molecule has 2 aromatic carbocycles. The summed E-state index contributed by atoms with van der Waals surface area (Å²) in [5.41, 5.74) is -0.569. The minimum absolute atomic E-state index is 0.250. The molecule has 2 amide bonds. The summed E-state index contributed by atoms with van der Waals surface area (Å²) in [6, 6.07) is 12.5. The van der Waals surface area contributed by atoms with Crippen LogP contribution >= 0.6 is 11.6 Å². The van der Waals surface area contributed by atoms with Gasteiger partial charge in [-0.25, -0.2) is 9.36 Å². The van der Waals surface area contributed by atoms with Gasteiger partial charge < -0.3 is 15.6 Å². The Bertz CT molecular complexity index is 1170. The predicted octanol–water partition coefficient (Wildman–Crippen LogP) is 2.39. The molecule has 0 fully saturated rings. The molecule has 1 aromatic heterocycles. The number of H-pyrrole nitrogens is 1. The van der Waals surface area contributed by atoms with E-state index < -0.39 is 17.2 Å². The molecule has 0 atom stereocenters. The first-order valence-corrected chi connectivity index (χ1v) is 8.52. The molecule has 0 radical (unpaired) electrons. The summed E-state index contributed by atoms with van der Waals surface area (Å²) in [5.74, 6) is -0.959. The van der Waals surface area contributed by atoms with Gasteiger partial charge in [0, 0.05) is 29.5 Å². The molecule has 0 aliphatic heterocycles. The monoisotopic (exact) mass is 398 g/mol. The van der Waals surface area contributed by atoms with Crippen molar-refractivity contribution < 1.29 is 9.59 Å². The molecule has 0 saturated heterocycles. The predicted molar refractivity (Wildman–Crippen MR) is 106 cm³/mol. The lowest BCUT2D eigenvalue weighted by molar-refractivity contribution is -0.114. The third-order valence-electron chi connectivity index (χ3n) is 3.75. The van der Waals surface area contributed by atoms with E-state index in [1.165, 1.54) is 31.2 Å². The summed E-state index contributed by atoms with van der Waals surface area (Å²) in [5, 5.41) is 5.62. The molecule has 3 N–H and O–H groups in total. The number of aromatic nitrogens is 2. The standard InChI is InChI=1S/C19H15ClN4O4/c1-11(25)22-13-3-2-4-14(9-13)23-17(26)16-10-21-19(28)24(18(16)27)15-7-5-12(20)6-8-15/h2-10H,1H3,(H,21,28)(H,22,25)(H,23,26). The second-order valence-corrected chi connectivity index (χ2v) is 6.28. The average molecular weight is 399 g/mol. The topological polar surface area (TPSA) is 113 Å². The molecule has 1 heterocycles. The molecular weight excluding hydrogens is 384 g/mol. The van der Waals surface area contributed by atoms with Crippen LogP contribution in [0.2, 0.25) is 5.02 Å². The number of nitrogens with zero attached hydrogens (tertiary/aromatic N) is 1. The van der Waals surface area contributed by atoms with Crippen molar-refractivity contribution in [3.63, 3.8) is 0 Å². The van der Waals surface area contributed by atoms with E-state index >= 15 is 0 Å². The molecule has 142 valence electrons. The molecule has 0 aliphatic carbocycles. The van der Waals surface area contributed by atoms with Crippen molar-refractivity contribution in [1.29, 1.82) is 0 Å². The van der Waals surface area contributed by atoms with Crippen LogP contribution < -0.4 is 21.9 Å². The zero-order valence-electron chi connectivity index (χ0n) is 14.7. The summed E-state index contributed by atoms with van der Waals surface area (Å²) in [6.45, 7) is 1.37. The van der Waals surface area contributed by atoms with Crippen molar-refractivity contribution >= 4 is 34.8 Å². The van der Waals surface area contributed by atoms with Crippen molar-refractivity contribution in [2.75, 3.05) is 10.6 Å². The zero-order chi connectivity index (χ0) is 20.3. The molecule has 0 saturated carbocycles. The summed E-state index contributed by atoms with van der Waals surface area (Å²) < 4.78 is 0.846. The first-order chi connectivity index (χ1) is 13.3. The number of hydrogen-bond donors (Lipinski definition) is 3. The summed E-state index contributed by atoms with van der Waals surface area (Å²) in [7, 11) is 0. The van der Waals surface area contributed by atoms with E-state index in [0.717, 1.165) is 10.8 Å². The van der Waals surface area contributed by atoms with E-state index in [4.69, 9.17) is 11.6 Å². The fourth-order valence-electron chi connectivity index (χ4n) is 2.54.